The number of benzene rings is 1. The number of hydrogen-bond donors (Lipinski definition) is 1. The van der Waals surface area contributed by atoms with Gasteiger partial charge in [-0.05, 0) is 49.8 Å². The van der Waals surface area contributed by atoms with Crippen molar-refractivity contribution >= 4 is 22.8 Å². The number of ether oxygens (including phenoxy) is 2. The maximum atomic E-state index is 12.6. The van der Waals surface area contributed by atoms with Gasteiger partial charge in [0.2, 0.25) is 0 Å². The molecule has 0 fully saturated rings. The van der Waals surface area contributed by atoms with Crippen LogP contribution in [0.2, 0.25) is 0 Å². The van der Waals surface area contributed by atoms with E-state index in [-0.39, 0.29) is 5.92 Å². The third-order valence-corrected chi connectivity index (χ3v) is 4.70. The topological polar surface area (TPSA) is 94.8 Å². The third-order valence-electron chi connectivity index (χ3n) is 4.70. The van der Waals surface area contributed by atoms with Gasteiger partial charge in [0.05, 0.1) is 7.11 Å². The minimum absolute atomic E-state index is 0.203. The number of carbonyl (C=O) groups is 2. The van der Waals surface area contributed by atoms with E-state index in [1.165, 1.54) is 13.2 Å². The van der Waals surface area contributed by atoms with E-state index in [0.29, 0.717) is 24.2 Å². The highest BCUT2D eigenvalue weighted by molar-refractivity contribution is 5.87. The number of aryl methyl sites for hydroxylation is 2. The number of carbonyl (C=O) groups excluding carboxylic acids is 2. The molecule has 1 aromatic carbocycles. The fourth-order valence-electron chi connectivity index (χ4n) is 3.14. The highest BCUT2D eigenvalue weighted by Gasteiger charge is 2.26. The van der Waals surface area contributed by atoms with E-state index in [1.807, 2.05) is 33.8 Å². The third kappa shape index (κ3) is 5.59. The summed E-state index contributed by atoms with van der Waals surface area (Å²) in [5.41, 5.74) is 1.67. The molecule has 0 aliphatic heterocycles. The molecule has 2 aromatic rings. The SMILES string of the molecule is CCc1cc2c(C)cc(=O)oc2cc1OC(C)C(=O)NC(CC(C)C)C(=O)OC. The normalized spacial score (nSPS) is 13.2. The first kappa shape index (κ1) is 22.5. The van der Waals surface area contributed by atoms with Crippen LogP contribution in [0.3, 0.4) is 0 Å². The van der Waals surface area contributed by atoms with Gasteiger partial charge in [-0.15, -0.1) is 0 Å². The molecule has 0 radical (unpaired) electrons. The van der Waals surface area contributed by atoms with Gasteiger partial charge in [0, 0.05) is 17.5 Å². The molecule has 0 aliphatic rings. The number of esters is 1. The predicted molar refractivity (Wildman–Crippen MR) is 110 cm³/mol. The second kappa shape index (κ2) is 9.58. The molecule has 29 heavy (non-hydrogen) atoms. The Kier molecular flexibility index (Phi) is 7.42. The van der Waals surface area contributed by atoms with Crippen LogP contribution in [0.5, 0.6) is 5.75 Å². The molecule has 0 spiro atoms. The highest BCUT2D eigenvalue weighted by Crippen LogP contribution is 2.28. The zero-order chi connectivity index (χ0) is 21.7. The quantitative estimate of drug-likeness (QED) is 0.537. The van der Waals surface area contributed by atoms with E-state index in [2.05, 4.69) is 5.32 Å². The van der Waals surface area contributed by atoms with Crippen molar-refractivity contribution in [1.29, 1.82) is 0 Å². The summed E-state index contributed by atoms with van der Waals surface area (Å²) in [6.07, 6.45) is 0.288. The number of rotatable bonds is 8. The zero-order valence-electron chi connectivity index (χ0n) is 17.8. The van der Waals surface area contributed by atoms with Crippen molar-refractivity contribution in [3.8, 4) is 5.75 Å². The molecule has 0 saturated heterocycles. The Bertz CT molecular complexity index is 946. The Morgan fingerprint density at radius 3 is 2.45 bits per heavy atom. The summed E-state index contributed by atoms with van der Waals surface area (Å²) in [6, 6.07) is 4.25. The lowest BCUT2D eigenvalue weighted by Crippen LogP contribution is -2.47. The van der Waals surface area contributed by atoms with Crippen LogP contribution in [-0.2, 0) is 20.7 Å². The van der Waals surface area contributed by atoms with Crippen molar-refractivity contribution in [2.45, 2.75) is 59.6 Å². The second-order valence-corrected chi connectivity index (χ2v) is 7.53. The summed E-state index contributed by atoms with van der Waals surface area (Å²) >= 11 is 0. The molecule has 0 bridgehead atoms. The average Bonchev–Trinajstić information content (AvgIpc) is 2.65. The fourth-order valence-corrected chi connectivity index (χ4v) is 3.14. The van der Waals surface area contributed by atoms with Crippen LogP contribution in [0.4, 0.5) is 0 Å². The molecule has 2 unspecified atom stereocenters. The Morgan fingerprint density at radius 1 is 1.17 bits per heavy atom. The van der Waals surface area contributed by atoms with Gasteiger partial charge in [-0.3, -0.25) is 4.79 Å². The lowest BCUT2D eigenvalue weighted by Gasteiger charge is -2.22. The Labute approximate surface area is 170 Å². The molecule has 2 rings (SSSR count). The smallest absolute Gasteiger partial charge is 0.336 e. The maximum Gasteiger partial charge on any atom is 0.336 e. The number of fused-ring (bicyclic) bond motifs is 1. The van der Waals surface area contributed by atoms with Gasteiger partial charge in [-0.2, -0.15) is 0 Å². The van der Waals surface area contributed by atoms with Crippen LogP contribution >= 0.6 is 0 Å². The minimum Gasteiger partial charge on any atom is -0.480 e. The summed E-state index contributed by atoms with van der Waals surface area (Å²) in [5.74, 6) is -0.242. The van der Waals surface area contributed by atoms with Crippen LogP contribution in [0.15, 0.2) is 27.4 Å². The zero-order valence-corrected chi connectivity index (χ0v) is 17.8. The number of methoxy groups -OCH3 is 1. The largest absolute Gasteiger partial charge is 0.480 e. The van der Waals surface area contributed by atoms with E-state index >= 15 is 0 Å². The molecule has 0 aliphatic carbocycles. The Morgan fingerprint density at radius 2 is 1.86 bits per heavy atom. The first-order valence-corrected chi connectivity index (χ1v) is 9.78. The van der Waals surface area contributed by atoms with Crippen molar-refractivity contribution in [1.82, 2.24) is 5.32 Å². The van der Waals surface area contributed by atoms with E-state index in [1.54, 1.807) is 13.0 Å². The number of nitrogens with one attached hydrogen (secondary N) is 1. The molecule has 1 aromatic heterocycles. The van der Waals surface area contributed by atoms with Crippen molar-refractivity contribution in [3.05, 3.63) is 39.7 Å². The van der Waals surface area contributed by atoms with Crippen LogP contribution in [0.25, 0.3) is 11.0 Å². The molecule has 1 N–H and O–H groups in total. The second-order valence-electron chi connectivity index (χ2n) is 7.53. The Balaban J connectivity index is 2.25. The lowest BCUT2D eigenvalue weighted by atomic mass is 10.0. The summed E-state index contributed by atoms with van der Waals surface area (Å²) in [4.78, 5) is 36.3. The molecule has 7 heteroatoms. The lowest BCUT2D eigenvalue weighted by molar-refractivity contribution is -0.146. The summed E-state index contributed by atoms with van der Waals surface area (Å²) in [6.45, 7) is 9.34. The number of amides is 1. The standard InChI is InChI=1S/C22H29NO6/c1-7-15-10-16-13(4)9-20(24)29-19(16)11-18(15)28-14(5)21(25)23-17(8-12(2)3)22(26)27-6/h9-12,14,17H,7-8H2,1-6H3,(H,23,25). The van der Waals surface area contributed by atoms with Crippen LogP contribution in [-0.4, -0.2) is 31.1 Å². The van der Waals surface area contributed by atoms with Crippen LogP contribution in [0, 0.1) is 12.8 Å². The Hall–Kier alpha value is -2.83. The first-order valence-electron chi connectivity index (χ1n) is 9.78. The minimum atomic E-state index is -0.853. The highest BCUT2D eigenvalue weighted by atomic mass is 16.5. The van der Waals surface area contributed by atoms with Gasteiger partial charge in [0.15, 0.2) is 6.10 Å². The van der Waals surface area contributed by atoms with E-state index in [0.717, 1.165) is 16.5 Å². The van der Waals surface area contributed by atoms with Gasteiger partial charge in [0.25, 0.3) is 5.91 Å². The number of hydrogen-bond acceptors (Lipinski definition) is 6. The fraction of sp³-hybridized carbons (Fsp3) is 0.500. The first-order chi connectivity index (χ1) is 13.7. The molecule has 1 amide bonds. The maximum absolute atomic E-state index is 12.6. The molecule has 7 nitrogen and oxygen atoms in total. The molecular weight excluding hydrogens is 374 g/mol. The van der Waals surface area contributed by atoms with Crippen LogP contribution < -0.4 is 15.7 Å². The van der Waals surface area contributed by atoms with Gasteiger partial charge < -0.3 is 19.2 Å². The van der Waals surface area contributed by atoms with Crippen molar-refractivity contribution in [2.24, 2.45) is 5.92 Å². The van der Waals surface area contributed by atoms with Crippen molar-refractivity contribution in [2.75, 3.05) is 7.11 Å². The van der Waals surface area contributed by atoms with E-state index in [4.69, 9.17) is 13.9 Å². The summed E-state index contributed by atoms with van der Waals surface area (Å²) < 4.78 is 15.9. The average molecular weight is 403 g/mol. The van der Waals surface area contributed by atoms with Crippen LogP contribution in [0.1, 0.15) is 45.2 Å². The molecule has 0 saturated carbocycles. The van der Waals surface area contributed by atoms with Gasteiger partial charge in [-0.1, -0.05) is 20.8 Å². The van der Waals surface area contributed by atoms with Gasteiger partial charge in [0.1, 0.15) is 17.4 Å². The van der Waals surface area contributed by atoms with E-state index in [9.17, 15) is 14.4 Å². The monoisotopic (exact) mass is 403 g/mol. The molecule has 1 heterocycles. The van der Waals surface area contributed by atoms with Gasteiger partial charge in [-0.25, -0.2) is 9.59 Å². The van der Waals surface area contributed by atoms with Gasteiger partial charge >= 0.3 is 11.6 Å². The predicted octanol–water partition coefficient (Wildman–Crippen LogP) is 3.14. The summed E-state index contributed by atoms with van der Waals surface area (Å²) in [7, 11) is 1.29. The van der Waals surface area contributed by atoms with Crippen molar-refractivity contribution in [3.63, 3.8) is 0 Å². The molecule has 158 valence electrons. The molecule has 2 atom stereocenters. The summed E-state index contributed by atoms with van der Waals surface area (Å²) in [5, 5.41) is 3.53. The van der Waals surface area contributed by atoms with Crippen molar-refractivity contribution < 1.29 is 23.5 Å². The van der Waals surface area contributed by atoms with E-state index < -0.39 is 29.6 Å². The molecular formula is C22H29NO6.